The van der Waals surface area contributed by atoms with Gasteiger partial charge in [0.15, 0.2) is 0 Å². The van der Waals surface area contributed by atoms with Crippen LogP contribution in [0.4, 0.5) is 5.69 Å². The van der Waals surface area contributed by atoms with Crippen LogP contribution in [0.5, 0.6) is 0 Å². The van der Waals surface area contributed by atoms with E-state index in [4.69, 9.17) is 5.73 Å². The van der Waals surface area contributed by atoms with Crippen molar-refractivity contribution in [3.63, 3.8) is 0 Å². The third kappa shape index (κ3) is 2.06. The van der Waals surface area contributed by atoms with Gasteiger partial charge < -0.3 is 10.6 Å². The molecular formula is C15H22N2. The van der Waals surface area contributed by atoms with E-state index in [-0.39, 0.29) is 6.04 Å². The van der Waals surface area contributed by atoms with Crippen LogP contribution >= 0.6 is 0 Å². The monoisotopic (exact) mass is 230 g/mol. The van der Waals surface area contributed by atoms with Crippen molar-refractivity contribution < 1.29 is 0 Å². The molecule has 0 aromatic heterocycles. The smallest absolute Gasteiger partial charge is 0.0402 e. The van der Waals surface area contributed by atoms with Crippen molar-refractivity contribution in [3.05, 3.63) is 29.3 Å². The van der Waals surface area contributed by atoms with Gasteiger partial charge in [-0.1, -0.05) is 12.1 Å². The van der Waals surface area contributed by atoms with Gasteiger partial charge in [-0.15, -0.1) is 0 Å². The van der Waals surface area contributed by atoms with E-state index >= 15 is 0 Å². The quantitative estimate of drug-likeness (QED) is 0.803. The first-order chi connectivity index (χ1) is 8.36. The number of benzene rings is 1. The Morgan fingerprint density at radius 3 is 2.71 bits per heavy atom. The van der Waals surface area contributed by atoms with Crippen LogP contribution in [0.3, 0.4) is 0 Å². The molecule has 92 valence electrons. The average molecular weight is 230 g/mol. The first-order valence-corrected chi connectivity index (χ1v) is 6.98. The zero-order chi connectivity index (χ0) is 11.7. The fraction of sp³-hybridized carbons (Fsp3) is 0.600. The average Bonchev–Trinajstić information content (AvgIpc) is 2.40. The van der Waals surface area contributed by atoms with Gasteiger partial charge >= 0.3 is 0 Å². The molecule has 1 heterocycles. The van der Waals surface area contributed by atoms with Gasteiger partial charge in [0.1, 0.15) is 0 Å². The number of nitrogens with two attached hydrogens (primary N) is 1. The first-order valence-electron chi connectivity index (χ1n) is 6.98. The summed E-state index contributed by atoms with van der Waals surface area (Å²) in [7, 11) is 0. The minimum atomic E-state index is 0.267. The molecule has 1 aliphatic heterocycles. The van der Waals surface area contributed by atoms with Gasteiger partial charge in [0.05, 0.1) is 0 Å². The van der Waals surface area contributed by atoms with Crippen LogP contribution in [0.1, 0.15) is 49.3 Å². The Kier molecular flexibility index (Phi) is 3.06. The molecule has 2 aliphatic rings. The predicted octanol–water partition coefficient (Wildman–Crippen LogP) is 3.01. The Balaban J connectivity index is 1.96. The second-order valence-corrected chi connectivity index (χ2v) is 5.39. The molecule has 17 heavy (non-hydrogen) atoms. The fourth-order valence-corrected chi connectivity index (χ4v) is 3.30. The summed E-state index contributed by atoms with van der Waals surface area (Å²) < 4.78 is 0. The Morgan fingerprint density at radius 2 is 1.88 bits per heavy atom. The van der Waals surface area contributed by atoms with Crippen LogP contribution in [0.25, 0.3) is 0 Å². The zero-order valence-electron chi connectivity index (χ0n) is 10.5. The van der Waals surface area contributed by atoms with Gasteiger partial charge in [0, 0.05) is 24.8 Å². The molecule has 2 N–H and O–H groups in total. The van der Waals surface area contributed by atoms with Crippen molar-refractivity contribution in [1.82, 2.24) is 0 Å². The Bertz CT molecular complexity index is 394. The van der Waals surface area contributed by atoms with E-state index in [1.165, 1.54) is 62.0 Å². The van der Waals surface area contributed by atoms with E-state index in [0.717, 1.165) is 6.42 Å². The van der Waals surface area contributed by atoms with Gasteiger partial charge in [0.2, 0.25) is 0 Å². The molecule has 3 rings (SSSR count). The number of rotatable bonds is 1. The number of hydrogen-bond acceptors (Lipinski definition) is 2. The van der Waals surface area contributed by atoms with Crippen molar-refractivity contribution in [3.8, 4) is 0 Å². The van der Waals surface area contributed by atoms with Crippen LogP contribution in [0.2, 0.25) is 0 Å². The maximum Gasteiger partial charge on any atom is 0.0402 e. The number of hydrogen-bond donors (Lipinski definition) is 1. The van der Waals surface area contributed by atoms with E-state index < -0.39 is 0 Å². The summed E-state index contributed by atoms with van der Waals surface area (Å²) in [6.45, 7) is 2.46. The van der Waals surface area contributed by atoms with Gasteiger partial charge in [-0.2, -0.15) is 0 Å². The highest BCUT2D eigenvalue weighted by molar-refractivity contribution is 5.58. The number of fused-ring (bicyclic) bond motifs is 1. The second-order valence-electron chi connectivity index (χ2n) is 5.39. The van der Waals surface area contributed by atoms with E-state index in [0.29, 0.717) is 0 Å². The van der Waals surface area contributed by atoms with Gasteiger partial charge in [-0.3, -0.25) is 0 Å². The molecule has 0 amide bonds. The lowest BCUT2D eigenvalue weighted by Gasteiger charge is -2.33. The van der Waals surface area contributed by atoms with Crippen LogP contribution in [0, 0.1) is 0 Å². The highest BCUT2D eigenvalue weighted by Crippen LogP contribution is 2.35. The summed E-state index contributed by atoms with van der Waals surface area (Å²) >= 11 is 0. The molecule has 0 saturated carbocycles. The molecule has 1 aromatic rings. The number of piperidine rings is 1. The van der Waals surface area contributed by atoms with Crippen molar-refractivity contribution in [2.45, 2.75) is 44.6 Å². The Labute approximate surface area is 104 Å². The predicted molar refractivity (Wildman–Crippen MR) is 72.4 cm³/mol. The van der Waals surface area contributed by atoms with Crippen molar-refractivity contribution >= 4 is 5.69 Å². The standard InChI is InChI=1S/C15H22N2/c16-14-8-4-7-13-12(14)6-5-9-15(13)17-10-2-1-3-11-17/h5-6,9,14H,1-4,7-8,10-11,16H2. The molecule has 0 radical (unpaired) electrons. The van der Waals surface area contributed by atoms with Gasteiger partial charge in [-0.05, 0) is 55.7 Å². The molecule has 2 nitrogen and oxygen atoms in total. The molecule has 0 spiro atoms. The lowest BCUT2D eigenvalue weighted by atomic mass is 9.86. The molecule has 0 bridgehead atoms. The van der Waals surface area contributed by atoms with Crippen LogP contribution in [-0.4, -0.2) is 13.1 Å². The Morgan fingerprint density at radius 1 is 1.06 bits per heavy atom. The molecule has 1 atom stereocenters. The number of nitrogens with zero attached hydrogens (tertiary/aromatic N) is 1. The third-order valence-corrected chi connectivity index (χ3v) is 4.23. The minimum absolute atomic E-state index is 0.267. The largest absolute Gasteiger partial charge is 0.371 e. The maximum atomic E-state index is 6.23. The van der Waals surface area contributed by atoms with Crippen molar-refractivity contribution in [2.75, 3.05) is 18.0 Å². The second kappa shape index (κ2) is 4.69. The van der Waals surface area contributed by atoms with E-state index in [9.17, 15) is 0 Å². The van der Waals surface area contributed by atoms with E-state index in [1.54, 1.807) is 0 Å². The van der Waals surface area contributed by atoms with Crippen LogP contribution in [0.15, 0.2) is 18.2 Å². The van der Waals surface area contributed by atoms with E-state index in [1.807, 2.05) is 0 Å². The molecular weight excluding hydrogens is 208 g/mol. The summed E-state index contributed by atoms with van der Waals surface area (Å²) in [4.78, 5) is 2.57. The number of anilines is 1. The Hall–Kier alpha value is -1.02. The van der Waals surface area contributed by atoms with Crippen LogP contribution in [-0.2, 0) is 6.42 Å². The molecule has 1 aromatic carbocycles. The van der Waals surface area contributed by atoms with Gasteiger partial charge in [0.25, 0.3) is 0 Å². The maximum absolute atomic E-state index is 6.23. The topological polar surface area (TPSA) is 29.3 Å². The SMILES string of the molecule is NC1CCCc2c1cccc2N1CCCCC1. The summed E-state index contributed by atoms with van der Waals surface area (Å²) in [6, 6.07) is 6.98. The highest BCUT2D eigenvalue weighted by atomic mass is 15.1. The van der Waals surface area contributed by atoms with Crippen LogP contribution < -0.4 is 10.6 Å². The lowest BCUT2D eigenvalue weighted by Crippen LogP contribution is -2.31. The summed E-state index contributed by atoms with van der Waals surface area (Å²) in [5, 5.41) is 0. The first kappa shape index (κ1) is 11.1. The molecule has 2 heteroatoms. The summed E-state index contributed by atoms with van der Waals surface area (Å²) in [5.74, 6) is 0. The third-order valence-electron chi connectivity index (χ3n) is 4.23. The zero-order valence-corrected chi connectivity index (χ0v) is 10.5. The summed E-state index contributed by atoms with van der Waals surface area (Å²) in [5.41, 5.74) is 10.6. The lowest BCUT2D eigenvalue weighted by molar-refractivity contribution is 0.554. The highest BCUT2D eigenvalue weighted by Gasteiger charge is 2.22. The van der Waals surface area contributed by atoms with E-state index in [2.05, 4.69) is 23.1 Å². The molecule has 1 fully saturated rings. The minimum Gasteiger partial charge on any atom is -0.371 e. The van der Waals surface area contributed by atoms with Crippen molar-refractivity contribution in [2.24, 2.45) is 5.73 Å². The normalized spacial score (nSPS) is 24.5. The summed E-state index contributed by atoms with van der Waals surface area (Å²) in [6.07, 6.45) is 7.70. The fourth-order valence-electron chi connectivity index (χ4n) is 3.30. The molecule has 1 aliphatic carbocycles. The van der Waals surface area contributed by atoms with Gasteiger partial charge in [-0.25, -0.2) is 0 Å². The van der Waals surface area contributed by atoms with Crippen molar-refractivity contribution in [1.29, 1.82) is 0 Å². The molecule has 1 unspecified atom stereocenters. The molecule has 1 saturated heterocycles.